The van der Waals surface area contributed by atoms with Gasteiger partial charge in [-0.15, -0.1) is 0 Å². The first kappa shape index (κ1) is 169. The van der Waals surface area contributed by atoms with E-state index in [9.17, 15) is 0 Å². The van der Waals surface area contributed by atoms with E-state index in [1.807, 2.05) is 0 Å². The van der Waals surface area contributed by atoms with Crippen molar-refractivity contribution in [3.05, 3.63) is 0 Å². The van der Waals surface area contributed by atoms with Gasteiger partial charge in [0.15, 0.2) is 0 Å². The Labute approximate surface area is 227 Å². The van der Waals surface area contributed by atoms with Gasteiger partial charge in [0, 0.05) is 0 Å². The summed E-state index contributed by atoms with van der Waals surface area (Å²) < 4.78 is 0. The van der Waals surface area contributed by atoms with Crippen LogP contribution >= 0.6 is 0 Å². The Hall–Kier alpha value is 6.08. The van der Waals surface area contributed by atoms with E-state index in [0.717, 1.165) is 0 Å². The molecule has 13 heavy (non-hydrogen) atoms. The van der Waals surface area contributed by atoms with Gasteiger partial charge in [0.1, 0.15) is 0 Å². The van der Waals surface area contributed by atoms with Crippen LogP contribution in [0.1, 0.15) is 0 Å². The number of hydrogen-bond acceptors (Lipinski definition) is 0. The van der Waals surface area contributed by atoms with Crippen LogP contribution in [0, 0.1) is 71.2 Å². The first-order valence-electron chi connectivity index (χ1n) is 0. The Morgan fingerprint density at radius 1 is 0.308 bits per heavy atom. The van der Waals surface area contributed by atoms with E-state index in [4.69, 9.17) is 0 Å². The normalized spacial score (nSPS) is 0. The summed E-state index contributed by atoms with van der Waals surface area (Å²) in [7, 11) is 0. The van der Waals surface area contributed by atoms with Crippen LogP contribution in [0.15, 0.2) is 0 Å². The second kappa shape index (κ2) is 143. The van der Waals surface area contributed by atoms with Gasteiger partial charge in [0.25, 0.3) is 0 Å². The van der Waals surface area contributed by atoms with E-state index >= 15 is 0 Å². The zero-order valence-electron chi connectivity index (χ0n) is 6.09. The number of hydrogen-bond donors (Lipinski definition) is 0. The minimum absolute atomic E-state index is 0. The van der Waals surface area contributed by atoms with Crippen LogP contribution in [0.3, 0.4) is 0 Å². The second-order valence-corrected chi connectivity index (χ2v) is 0. The van der Waals surface area contributed by atoms with E-state index < -0.39 is 0 Å². The molecular formula is Co2La2O7Sr2. The summed E-state index contributed by atoms with van der Waals surface area (Å²) in [6, 6.07) is 0. The van der Waals surface area contributed by atoms with Crippen molar-refractivity contribution in [1.29, 1.82) is 0 Å². The predicted octanol–water partition coefficient (Wildman–Crippen LogP) is -1.60. The van der Waals surface area contributed by atoms with Gasteiger partial charge < -0.3 is 38.3 Å². The Kier molecular flexibility index (Phi) is 1850. The Morgan fingerprint density at radius 2 is 0.308 bits per heavy atom. The largest absolute Gasteiger partial charge is 3.00 e. The molecule has 0 heterocycles. The van der Waals surface area contributed by atoms with Crippen molar-refractivity contribution in [3.63, 3.8) is 0 Å². The summed E-state index contributed by atoms with van der Waals surface area (Å²) in [4.78, 5) is 0. The van der Waals surface area contributed by atoms with Crippen molar-refractivity contribution in [2.75, 3.05) is 0 Å². The molecule has 0 saturated carbocycles. The molecule has 0 bridgehead atoms. The molecule has 0 aliphatic rings. The smallest absolute Gasteiger partial charge is 2.00 e. The van der Waals surface area contributed by atoms with Gasteiger partial charge in [-0.2, -0.15) is 0 Å². The maximum Gasteiger partial charge on any atom is 3.00 e. The van der Waals surface area contributed by atoms with E-state index in [0.29, 0.717) is 0 Å². The maximum absolute atomic E-state index is 0. The summed E-state index contributed by atoms with van der Waals surface area (Å²) in [5.74, 6) is 0. The molecule has 0 aromatic rings. The minimum Gasteiger partial charge on any atom is -2.00 e. The molecule has 0 aliphatic carbocycles. The molecule has 0 spiro atoms. The molecule has 0 aliphatic heterocycles. The van der Waals surface area contributed by atoms with Crippen LogP contribution in [-0.2, 0) is 71.9 Å². The maximum atomic E-state index is 0. The molecule has 7 nitrogen and oxygen atoms in total. The Balaban J connectivity index is 0. The molecule has 0 atom stereocenters. The molecule has 0 unspecified atom stereocenters. The van der Waals surface area contributed by atoms with Gasteiger partial charge in [-0.3, -0.25) is 0 Å². The fourth-order valence-corrected chi connectivity index (χ4v) is 0. The zero-order valence-corrected chi connectivity index (χ0v) is 22.4. The quantitative estimate of drug-likeness (QED) is 0.266. The fraction of sp³-hybridized carbons (Fsp3) is 0. The summed E-state index contributed by atoms with van der Waals surface area (Å²) in [6.07, 6.45) is 0. The molecule has 70 valence electrons. The van der Waals surface area contributed by atoms with Crippen molar-refractivity contribution in [2.24, 2.45) is 0 Å². The minimum atomic E-state index is 0. The summed E-state index contributed by atoms with van der Waals surface area (Å²) in [5, 5.41) is 0. The van der Waals surface area contributed by atoms with Gasteiger partial charge in [0.2, 0.25) is 0 Å². The molecule has 0 rings (SSSR count). The average Bonchev–Trinajstić information content (AvgIpc) is 0. The van der Waals surface area contributed by atoms with Crippen LogP contribution < -0.4 is 0 Å². The summed E-state index contributed by atoms with van der Waals surface area (Å²) >= 11 is 0. The Morgan fingerprint density at radius 3 is 0.308 bits per heavy atom. The average molecular weight is 683 g/mol. The molecule has 2 radical (unpaired) electrons. The first-order valence-corrected chi connectivity index (χ1v) is 0. The monoisotopic (exact) mass is 683 g/mol. The third-order valence-electron chi connectivity index (χ3n) is 0. The topological polar surface area (TPSA) is 200 Å². The molecule has 13 heteroatoms. The van der Waals surface area contributed by atoms with Crippen LogP contribution in [0.4, 0.5) is 0 Å². The van der Waals surface area contributed by atoms with Crippen LogP contribution in [0.5, 0.6) is 0 Å². The van der Waals surface area contributed by atoms with Gasteiger partial charge in [-0.25, -0.2) is 0 Å². The third-order valence-corrected chi connectivity index (χ3v) is 0. The molecular weight excluding hydrogens is 683 g/mol. The Bertz CT molecular complexity index is 22.5. The van der Waals surface area contributed by atoms with E-state index in [2.05, 4.69) is 0 Å². The van der Waals surface area contributed by atoms with Crippen LogP contribution in [0.25, 0.3) is 0 Å². The van der Waals surface area contributed by atoms with Crippen LogP contribution in [-0.4, -0.2) is 91.0 Å². The summed E-state index contributed by atoms with van der Waals surface area (Å²) in [6.45, 7) is 0. The van der Waals surface area contributed by atoms with Gasteiger partial charge in [0.05, 0.1) is 0 Å². The van der Waals surface area contributed by atoms with Gasteiger partial charge in [-0.1, -0.05) is 0 Å². The zero-order chi connectivity index (χ0) is 0. The molecule has 0 aromatic heterocycles. The summed E-state index contributed by atoms with van der Waals surface area (Å²) in [5.41, 5.74) is 0. The molecule has 0 amide bonds. The SMILES string of the molecule is [Co+2].[Co+2].[La+3].[La+3].[O-2].[O-2].[O-2].[O-2].[O-2].[O-2].[O-2].[Sr+2].[Sr+2]. The van der Waals surface area contributed by atoms with Crippen molar-refractivity contribution < 1.29 is 143 Å². The first-order chi connectivity index (χ1) is 0. The molecule has 0 N–H and O–H groups in total. The third kappa shape index (κ3) is 126. The van der Waals surface area contributed by atoms with Crippen molar-refractivity contribution in [3.8, 4) is 0 Å². The van der Waals surface area contributed by atoms with Gasteiger partial charge in [-0.05, 0) is 0 Å². The predicted molar refractivity (Wildman–Crippen MR) is 16.3 cm³/mol. The molecule has 0 fully saturated rings. The van der Waals surface area contributed by atoms with Crippen molar-refractivity contribution in [1.82, 2.24) is 0 Å². The fourth-order valence-electron chi connectivity index (χ4n) is 0. The molecule has 0 saturated heterocycles. The molecule has 0 aromatic carbocycles. The van der Waals surface area contributed by atoms with Crippen LogP contribution in [0.2, 0.25) is 0 Å². The van der Waals surface area contributed by atoms with Crippen molar-refractivity contribution >= 4 is 91.0 Å². The van der Waals surface area contributed by atoms with E-state index in [1.54, 1.807) is 0 Å². The van der Waals surface area contributed by atoms with E-state index in [1.165, 1.54) is 0 Å². The standard InChI is InChI=1S/2Co.2La.7O.2Sr/q2*+2;2*+3;7*-2;2*+2. The second-order valence-electron chi connectivity index (χ2n) is 0. The van der Waals surface area contributed by atoms with Crippen molar-refractivity contribution in [2.45, 2.75) is 0 Å². The van der Waals surface area contributed by atoms with Gasteiger partial charge >= 0.3 is 196 Å². The number of rotatable bonds is 0. The van der Waals surface area contributed by atoms with E-state index in [-0.39, 0.29) is 234 Å².